The second kappa shape index (κ2) is 6.63. The maximum Gasteiger partial charge on any atom is 0.276 e. The summed E-state index contributed by atoms with van der Waals surface area (Å²) in [6.45, 7) is 10.9. The highest BCUT2D eigenvalue weighted by atomic mass is 32.2. The monoisotopic (exact) mass is 336 g/mol. The highest BCUT2D eigenvalue weighted by molar-refractivity contribution is 7.89. The van der Waals surface area contributed by atoms with Crippen LogP contribution in [0.1, 0.15) is 52.5 Å². The molecular formula is C18H28N2O2S. The molecule has 1 N–H and O–H groups in total. The Bertz CT molecular complexity index is 670. The van der Waals surface area contributed by atoms with Gasteiger partial charge in [0.2, 0.25) is 0 Å². The molecule has 0 spiro atoms. The van der Waals surface area contributed by atoms with Gasteiger partial charge in [0.25, 0.3) is 10.0 Å². The summed E-state index contributed by atoms with van der Waals surface area (Å²) >= 11 is 0. The number of nitrogens with one attached hydrogen (secondary N) is 1. The lowest BCUT2D eigenvalue weighted by Crippen LogP contribution is -2.32. The number of hydrogen-bond acceptors (Lipinski definition) is 3. The summed E-state index contributed by atoms with van der Waals surface area (Å²) in [5, 5.41) is 4.23. The first-order chi connectivity index (χ1) is 10.6. The van der Waals surface area contributed by atoms with Gasteiger partial charge in [-0.1, -0.05) is 45.4 Å². The van der Waals surface area contributed by atoms with E-state index in [2.05, 4.69) is 37.6 Å². The maximum absolute atomic E-state index is 12.3. The number of hydrogen-bond donors (Lipinski definition) is 1. The van der Waals surface area contributed by atoms with Gasteiger partial charge in [-0.3, -0.25) is 0 Å². The average molecular weight is 337 g/mol. The minimum absolute atomic E-state index is 0.253. The zero-order chi connectivity index (χ0) is 17.3. The van der Waals surface area contributed by atoms with Crippen molar-refractivity contribution in [3.05, 3.63) is 29.8 Å². The molecule has 4 nitrogen and oxygen atoms in total. The molecule has 23 heavy (non-hydrogen) atoms. The summed E-state index contributed by atoms with van der Waals surface area (Å²) in [6.07, 6.45) is 2.99. The maximum atomic E-state index is 12.3. The van der Waals surface area contributed by atoms with E-state index in [9.17, 15) is 8.42 Å². The van der Waals surface area contributed by atoms with Crippen LogP contribution in [0.15, 0.2) is 34.3 Å². The van der Waals surface area contributed by atoms with Crippen LogP contribution in [0.25, 0.3) is 0 Å². The quantitative estimate of drug-likeness (QED) is 0.844. The van der Waals surface area contributed by atoms with E-state index in [1.165, 1.54) is 0 Å². The molecule has 1 aliphatic rings. The van der Waals surface area contributed by atoms with Crippen molar-refractivity contribution in [2.45, 2.75) is 58.8 Å². The summed E-state index contributed by atoms with van der Waals surface area (Å²) < 4.78 is 24.6. The van der Waals surface area contributed by atoms with Crippen molar-refractivity contribution in [2.75, 3.05) is 0 Å². The van der Waals surface area contributed by atoms with Crippen LogP contribution in [0.5, 0.6) is 0 Å². The first-order valence-corrected chi connectivity index (χ1v) is 9.73. The van der Waals surface area contributed by atoms with E-state index >= 15 is 0 Å². The third-order valence-electron chi connectivity index (χ3n) is 4.82. The Kier molecular flexibility index (Phi) is 5.19. The first-order valence-electron chi connectivity index (χ1n) is 8.24. The van der Waals surface area contributed by atoms with Gasteiger partial charge in [0, 0.05) is 5.71 Å². The molecule has 1 aliphatic carbocycles. The van der Waals surface area contributed by atoms with Gasteiger partial charge < -0.3 is 0 Å². The predicted octanol–water partition coefficient (Wildman–Crippen LogP) is 4.11. The lowest BCUT2D eigenvalue weighted by Gasteiger charge is -2.37. The van der Waals surface area contributed by atoms with Crippen LogP contribution in [-0.4, -0.2) is 14.1 Å². The molecule has 0 aliphatic heterocycles. The molecule has 1 aromatic carbocycles. The van der Waals surface area contributed by atoms with Crippen LogP contribution in [0.3, 0.4) is 0 Å². The molecule has 5 heteroatoms. The number of hydrazone groups is 1. The number of rotatable bonds is 3. The highest BCUT2D eigenvalue weighted by Gasteiger charge is 2.32. The first kappa shape index (κ1) is 18.0. The normalized spacial score (nSPS) is 24.7. The molecule has 0 unspecified atom stereocenters. The minimum atomic E-state index is -3.58. The molecule has 0 bridgehead atoms. The number of nitrogens with zero attached hydrogens (tertiary/aromatic N) is 1. The van der Waals surface area contributed by atoms with Crippen LogP contribution >= 0.6 is 0 Å². The van der Waals surface area contributed by atoms with E-state index < -0.39 is 10.0 Å². The van der Waals surface area contributed by atoms with Gasteiger partial charge in [-0.15, -0.1) is 0 Å². The highest BCUT2D eigenvalue weighted by Crippen LogP contribution is 2.39. The number of benzene rings is 1. The molecular weight excluding hydrogens is 308 g/mol. The fourth-order valence-corrected chi connectivity index (χ4v) is 3.93. The lowest BCUT2D eigenvalue weighted by atomic mass is 9.69. The van der Waals surface area contributed by atoms with Crippen molar-refractivity contribution < 1.29 is 8.42 Å². The van der Waals surface area contributed by atoms with E-state index in [4.69, 9.17) is 0 Å². The Labute approximate surface area is 140 Å². The molecule has 0 saturated heterocycles. The van der Waals surface area contributed by atoms with E-state index in [0.29, 0.717) is 17.3 Å². The Hall–Kier alpha value is -1.36. The molecule has 2 atom stereocenters. The van der Waals surface area contributed by atoms with Crippen molar-refractivity contribution in [1.82, 2.24) is 4.83 Å². The van der Waals surface area contributed by atoms with Crippen molar-refractivity contribution in [1.29, 1.82) is 0 Å². The van der Waals surface area contributed by atoms with E-state index in [0.717, 1.165) is 30.5 Å². The molecule has 0 heterocycles. The SMILES string of the molecule is Cc1ccc(S(=O)(=O)N/N=C2\CC[C@H](C(C)(C)C)C[C@@H]2C)cc1. The molecule has 1 saturated carbocycles. The average Bonchev–Trinajstić information content (AvgIpc) is 2.45. The fourth-order valence-electron chi connectivity index (χ4n) is 3.09. The fraction of sp³-hybridized carbons (Fsp3) is 0.611. The largest absolute Gasteiger partial charge is 0.276 e. The molecule has 1 fully saturated rings. The third-order valence-corrected chi connectivity index (χ3v) is 6.05. The van der Waals surface area contributed by atoms with E-state index in [1.807, 2.05) is 6.92 Å². The molecule has 0 amide bonds. The summed E-state index contributed by atoms with van der Waals surface area (Å²) in [5.41, 5.74) is 2.28. The second-order valence-corrected chi connectivity index (χ2v) is 9.41. The zero-order valence-corrected chi connectivity index (χ0v) is 15.6. The molecule has 2 rings (SSSR count). The summed E-state index contributed by atoms with van der Waals surface area (Å²) in [4.78, 5) is 2.66. The number of sulfonamides is 1. The Balaban J connectivity index is 2.07. The predicted molar refractivity (Wildman–Crippen MR) is 94.9 cm³/mol. The van der Waals surface area contributed by atoms with Crippen LogP contribution < -0.4 is 4.83 Å². The van der Waals surface area contributed by atoms with Gasteiger partial charge >= 0.3 is 0 Å². The summed E-state index contributed by atoms with van der Waals surface area (Å²) in [7, 11) is -3.58. The van der Waals surface area contributed by atoms with Gasteiger partial charge in [0.1, 0.15) is 0 Å². The molecule has 128 valence electrons. The minimum Gasteiger partial charge on any atom is -0.200 e. The van der Waals surface area contributed by atoms with Crippen molar-refractivity contribution in [3.8, 4) is 0 Å². The molecule has 1 aromatic rings. The summed E-state index contributed by atoms with van der Waals surface area (Å²) in [6, 6.07) is 6.80. The van der Waals surface area contributed by atoms with Crippen molar-refractivity contribution >= 4 is 15.7 Å². The van der Waals surface area contributed by atoms with Gasteiger partial charge in [0.15, 0.2) is 0 Å². The smallest absolute Gasteiger partial charge is 0.200 e. The lowest BCUT2D eigenvalue weighted by molar-refractivity contribution is 0.190. The molecule has 0 aromatic heterocycles. The number of aryl methyl sites for hydroxylation is 1. The van der Waals surface area contributed by atoms with Crippen molar-refractivity contribution in [3.63, 3.8) is 0 Å². The van der Waals surface area contributed by atoms with Gasteiger partial charge in [-0.2, -0.15) is 13.5 Å². The second-order valence-electron chi connectivity index (χ2n) is 7.75. The Morgan fingerprint density at radius 1 is 1.17 bits per heavy atom. The van der Waals surface area contributed by atoms with Gasteiger partial charge in [-0.25, -0.2) is 4.83 Å². The standard InChI is InChI=1S/C18H28N2O2S/c1-13-6-9-16(10-7-13)23(21,22)20-19-17-11-8-15(12-14(17)2)18(3,4)5/h6-7,9-10,14-15,20H,8,11-12H2,1-5H3/b19-17+/t14-,15-/m0/s1. The van der Waals surface area contributed by atoms with Crippen LogP contribution in [0, 0.1) is 24.2 Å². The topological polar surface area (TPSA) is 58.5 Å². The van der Waals surface area contributed by atoms with Crippen molar-refractivity contribution in [2.24, 2.45) is 22.4 Å². The van der Waals surface area contributed by atoms with Crippen LogP contribution in [0.4, 0.5) is 0 Å². The Morgan fingerprint density at radius 2 is 1.78 bits per heavy atom. The third kappa shape index (κ3) is 4.56. The summed E-state index contributed by atoms with van der Waals surface area (Å²) in [5.74, 6) is 0.971. The van der Waals surface area contributed by atoms with Gasteiger partial charge in [0.05, 0.1) is 4.90 Å². The van der Waals surface area contributed by atoms with E-state index in [-0.39, 0.29) is 4.90 Å². The molecule has 0 radical (unpaired) electrons. The van der Waals surface area contributed by atoms with Crippen LogP contribution in [-0.2, 0) is 10.0 Å². The van der Waals surface area contributed by atoms with Crippen LogP contribution in [0.2, 0.25) is 0 Å². The Morgan fingerprint density at radius 3 is 2.30 bits per heavy atom. The van der Waals surface area contributed by atoms with Gasteiger partial charge in [-0.05, 0) is 55.6 Å². The van der Waals surface area contributed by atoms with E-state index in [1.54, 1.807) is 24.3 Å². The zero-order valence-electron chi connectivity index (χ0n) is 14.8.